The van der Waals surface area contributed by atoms with Crippen LogP contribution in [-0.4, -0.2) is 43.2 Å². The highest BCUT2D eigenvalue weighted by Crippen LogP contribution is 2.63. The van der Waals surface area contributed by atoms with Crippen molar-refractivity contribution in [1.29, 1.82) is 0 Å². The van der Waals surface area contributed by atoms with Gasteiger partial charge >= 0.3 is 5.97 Å². The molecule has 6 atom stereocenters. The number of carbonyl (C=O) groups is 1. The Kier molecular flexibility index (Phi) is 10.1. The number of esters is 1. The number of dihydropyridines is 1. The smallest absolute Gasteiger partial charge is 0.302 e. The molecule has 0 amide bonds. The number of benzene rings is 4. The van der Waals surface area contributed by atoms with E-state index in [0.717, 1.165) is 94.5 Å². The monoisotopic (exact) mass is 792 g/mol. The van der Waals surface area contributed by atoms with Gasteiger partial charge in [-0.3, -0.25) is 4.79 Å². The van der Waals surface area contributed by atoms with Gasteiger partial charge in [-0.05, 0) is 114 Å². The van der Waals surface area contributed by atoms with E-state index in [4.69, 9.17) is 24.7 Å². The maximum absolute atomic E-state index is 12.4. The molecule has 0 aromatic heterocycles. The van der Waals surface area contributed by atoms with Crippen molar-refractivity contribution >= 4 is 5.97 Å². The van der Waals surface area contributed by atoms with E-state index < -0.39 is 6.10 Å². The Hall–Kier alpha value is -5.85. The number of rotatable bonds is 8. The molecule has 9 heteroatoms. The molecule has 9 rings (SSSR count). The second kappa shape index (κ2) is 15.4. The summed E-state index contributed by atoms with van der Waals surface area (Å²) in [6, 6.07) is 22.1. The number of nitrogens with one attached hydrogen (secondary N) is 1. The van der Waals surface area contributed by atoms with Gasteiger partial charge in [-0.2, -0.15) is 0 Å². The predicted molar refractivity (Wildman–Crippen MR) is 226 cm³/mol. The average molecular weight is 793 g/mol. The zero-order valence-corrected chi connectivity index (χ0v) is 34.2. The molecule has 1 spiro atoms. The molecule has 2 aliphatic carbocycles. The minimum atomic E-state index is -0.575. The van der Waals surface area contributed by atoms with Gasteiger partial charge in [0.25, 0.3) is 0 Å². The molecule has 59 heavy (non-hydrogen) atoms. The van der Waals surface area contributed by atoms with E-state index in [2.05, 4.69) is 72.6 Å². The van der Waals surface area contributed by atoms with E-state index in [1.54, 1.807) is 19.2 Å². The first-order valence-electron chi connectivity index (χ1n) is 20.9. The van der Waals surface area contributed by atoms with Gasteiger partial charge in [-0.1, -0.05) is 61.4 Å². The number of allylic oxidation sites excluding steroid dienone is 3. The van der Waals surface area contributed by atoms with Crippen molar-refractivity contribution < 1.29 is 34.0 Å². The number of carbonyl (C=O) groups excluding carboxylic acids is 1. The second-order valence-electron chi connectivity index (χ2n) is 16.9. The third-order valence-electron chi connectivity index (χ3n) is 13.6. The molecule has 4 aromatic carbocycles. The largest absolute Gasteiger partial charge is 0.508 e. The first-order valence-corrected chi connectivity index (χ1v) is 20.9. The molecular formula is C50H52N2O7. The Balaban J connectivity index is 1.30. The van der Waals surface area contributed by atoms with Crippen LogP contribution in [0.1, 0.15) is 91.4 Å². The first kappa shape index (κ1) is 38.7. The van der Waals surface area contributed by atoms with Crippen LogP contribution in [0, 0.1) is 23.7 Å². The number of phenols is 2. The highest BCUT2D eigenvalue weighted by atomic mass is 16.5. The van der Waals surface area contributed by atoms with E-state index in [0.29, 0.717) is 24.3 Å². The summed E-state index contributed by atoms with van der Waals surface area (Å²) in [6.07, 6.45) is 7.86. The van der Waals surface area contributed by atoms with Crippen LogP contribution in [0.3, 0.4) is 0 Å². The van der Waals surface area contributed by atoms with Gasteiger partial charge in [0.2, 0.25) is 0 Å². The number of methoxy groups -OCH3 is 2. The zero-order valence-electron chi connectivity index (χ0n) is 34.2. The zero-order chi connectivity index (χ0) is 41.0. The molecule has 4 bridgehead atoms. The summed E-state index contributed by atoms with van der Waals surface area (Å²) >= 11 is 0. The maximum atomic E-state index is 12.4. The Morgan fingerprint density at radius 3 is 2.58 bits per heavy atom. The van der Waals surface area contributed by atoms with Crippen LogP contribution in [0.2, 0.25) is 0 Å². The number of ether oxygens (including phenoxy) is 4. The van der Waals surface area contributed by atoms with Crippen molar-refractivity contribution in [2.45, 2.75) is 88.8 Å². The summed E-state index contributed by atoms with van der Waals surface area (Å²) in [5, 5.41) is 25.8. The lowest BCUT2D eigenvalue weighted by Gasteiger charge is -2.40. The van der Waals surface area contributed by atoms with E-state index in [9.17, 15) is 15.0 Å². The number of aryl methyl sites for hydroxylation is 1. The molecule has 304 valence electrons. The Bertz CT molecular complexity index is 2460. The molecule has 4 aromatic rings. The molecule has 1 saturated carbocycles. The Morgan fingerprint density at radius 1 is 1.00 bits per heavy atom. The van der Waals surface area contributed by atoms with Crippen molar-refractivity contribution in [2.75, 3.05) is 20.8 Å². The van der Waals surface area contributed by atoms with E-state index in [-0.39, 0.29) is 53.4 Å². The predicted octanol–water partition coefficient (Wildman–Crippen LogP) is 8.44. The van der Waals surface area contributed by atoms with Gasteiger partial charge < -0.3 is 40.2 Å². The Morgan fingerprint density at radius 2 is 1.81 bits per heavy atom. The number of hydrogen-bond donors (Lipinski definition) is 4. The van der Waals surface area contributed by atoms with Crippen LogP contribution in [0.4, 0.5) is 0 Å². The second-order valence-corrected chi connectivity index (χ2v) is 16.9. The fraction of sp³-hybridized carbons (Fsp3) is 0.380. The van der Waals surface area contributed by atoms with Gasteiger partial charge in [0.05, 0.1) is 32.0 Å². The van der Waals surface area contributed by atoms with Gasteiger partial charge in [0, 0.05) is 47.1 Å². The third-order valence-corrected chi connectivity index (χ3v) is 13.6. The van der Waals surface area contributed by atoms with Crippen molar-refractivity contribution in [1.82, 2.24) is 5.32 Å². The lowest BCUT2D eigenvalue weighted by Crippen LogP contribution is -2.42. The molecule has 3 aliphatic heterocycles. The SMILES string of the molecule is CCC1=CC2=C(C#CCc3cc(O)c(OC)cc3[C@H]3Oc4c(ccc5c4[C@]4(CC[C@H](C4)[C@H]2CCc2ccccc2)Cc2cc(O)cc(OC)c2-5)[C@@H]3COC(C)=O)NC1N. The van der Waals surface area contributed by atoms with Crippen molar-refractivity contribution in [3.05, 3.63) is 123 Å². The summed E-state index contributed by atoms with van der Waals surface area (Å²) in [5.41, 5.74) is 17.7. The number of aromatic hydroxyl groups is 2. The molecule has 5 aliphatic rings. The molecule has 3 heterocycles. The highest BCUT2D eigenvalue weighted by Gasteiger charge is 2.52. The number of nitrogens with two attached hydrogens (primary N) is 1. The lowest BCUT2D eigenvalue weighted by atomic mass is 9.64. The fourth-order valence-electron chi connectivity index (χ4n) is 10.9. The normalized spacial score (nSPS) is 24.7. The number of hydrogen-bond acceptors (Lipinski definition) is 9. The van der Waals surface area contributed by atoms with Crippen LogP contribution in [-0.2, 0) is 34.2 Å². The molecular weight excluding hydrogens is 741 g/mol. The van der Waals surface area contributed by atoms with Crippen molar-refractivity contribution in [3.63, 3.8) is 0 Å². The van der Waals surface area contributed by atoms with Crippen LogP contribution in [0.15, 0.2) is 89.6 Å². The lowest BCUT2D eigenvalue weighted by molar-refractivity contribution is -0.141. The summed E-state index contributed by atoms with van der Waals surface area (Å²) < 4.78 is 24.8. The number of fused-ring (bicyclic) bond motifs is 6. The minimum Gasteiger partial charge on any atom is -0.508 e. The highest BCUT2D eigenvalue weighted by molar-refractivity contribution is 5.84. The van der Waals surface area contributed by atoms with Crippen LogP contribution >= 0.6 is 0 Å². The quantitative estimate of drug-likeness (QED) is 0.103. The molecule has 9 nitrogen and oxygen atoms in total. The van der Waals surface area contributed by atoms with Crippen molar-refractivity contribution in [2.24, 2.45) is 17.6 Å². The summed E-state index contributed by atoms with van der Waals surface area (Å²) in [6.45, 7) is 3.69. The van der Waals surface area contributed by atoms with Crippen LogP contribution < -0.4 is 25.3 Å². The standard InChI is InChI=1S/C50H52N2O7/c1-5-30-21-39-35(15-14-29-10-7-6-8-11-29)32-18-19-50(25-32)26-33-20-34(54)23-44(57-4)45(33)37-17-16-36-40(27-58-28(2)53)47(59-48(36)46(37)50)38-24-43(56-3)42(55)22-31(38)12-9-13-41(39)52-49(30)51/h6-8,10-11,16-17,20-24,32,35,40,47,49,52,54-55H,5,12,14-15,18-19,25-27,51H2,1-4H3/t32-,35-,40+,47-,49?,50+/m1/s1. The van der Waals surface area contributed by atoms with Crippen molar-refractivity contribution in [3.8, 4) is 51.7 Å². The van der Waals surface area contributed by atoms with E-state index >= 15 is 0 Å². The van der Waals surface area contributed by atoms with E-state index in [1.165, 1.54) is 25.2 Å². The number of phenolic OH excluding ortho intramolecular Hbond substituents is 2. The van der Waals surface area contributed by atoms with Gasteiger partial charge in [0.15, 0.2) is 11.5 Å². The topological polar surface area (TPSA) is 133 Å². The Labute approximate surface area is 346 Å². The maximum Gasteiger partial charge on any atom is 0.302 e. The first-order chi connectivity index (χ1) is 28.6. The molecule has 5 N–H and O–H groups in total. The van der Waals surface area contributed by atoms with Crippen LogP contribution in [0.5, 0.6) is 28.7 Å². The van der Waals surface area contributed by atoms with E-state index in [1.807, 2.05) is 12.1 Å². The average Bonchev–Trinajstić information content (AvgIpc) is 3.81. The molecule has 0 saturated heterocycles. The van der Waals surface area contributed by atoms with Crippen LogP contribution in [0.25, 0.3) is 11.1 Å². The summed E-state index contributed by atoms with van der Waals surface area (Å²) in [5.74, 6) is 8.68. The minimum absolute atomic E-state index is 0.00725. The third kappa shape index (κ3) is 6.77. The summed E-state index contributed by atoms with van der Waals surface area (Å²) in [7, 11) is 3.18. The molecule has 1 fully saturated rings. The van der Waals surface area contributed by atoms with Gasteiger partial charge in [-0.25, -0.2) is 0 Å². The van der Waals surface area contributed by atoms with Gasteiger partial charge in [-0.15, -0.1) is 0 Å². The molecule has 1 unspecified atom stereocenters. The summed E-state index contributed by atoms with van der Waals surface area (Å²) in [4.78, 5) is 12.4. The molecule has 0 radical (unpaired) electrons. The van der Waals surface area contributed by atoms with Gasteiger partial charge in [0.1, 0.15) is 30.0 Å². The fourth-order valence-corrected chi connectivity index (χ4v) is 10.9.